The Bertz CT molecular complexity index is 514. The van der Waals surface area contributed by atoms with Crippen LogP contribution in [0.4, 0.5) is 10.1 Å². The number of nitrogens with zero attached hydrogens (tertiary/aromatic N) is 1. The van der Waals surface area contributed by atoms with Crippen LogP contribution in [-0.4, -0.2) is 36.5 Å². The number of rotatable bonds is 4. The second-order valence-corrected chi connectivity index (χ2v) is 6.08. The monoisotopic (exact) mass is 349 g/mol. The first kappa shape index (κ1) is 19.2. The first-order valence-corrected chi connectivity index (χ1v) is 7.56. The molecule has 2 atom stereocenters. The maximum absolute atomic E-state index is 13.1. The lowest BCUT2D eigenvalue weighted by atomic mass is 9.92. The van der Waals surface area contributed by atoms with Crippen LogP contribution >= 0.6 is 24.0 Å². The first-order chi connectivity index (χ1) is 9.95. The van der Waals surface area contributed by atoms with E-state index in [1.165, 1.54) is 18.2 Å². The lowest BCUT2D eigenvalue weighted by Gasteiger charge is -2.34. The molecule has 0 spiro atoms. The van der Waals surface area contributed by atoms with Gasteiger partial charge in [0.05, 0.1) is 11.6 Å². The van der Waals surface area contributed by atoms with Crippen LogP contribution in [0.2, 0.25) is 5.02 Å². The van der Waals surface area contributed by atoms with Gasteiger partial charge < -0.3 is 11.1 Å². The Labute approximate surface area is 141 Å². The number of carbonyl (C=O) groups is 1. The number of anilines is 1. The standard InChI is InChI=1S/C15H21ClFN3O.ClH/c1-10(18)11-3-2-6-20(8-11)9-15(21)19-12-4-5-14(17)13(16)7-12;/h4-5,7,10-11H,2-3,6,8-9,18H2,1H3,(H,19,21);1H. The molecule has 1 amide bonds. The van der Waals surface area contributed by atoms with Gasteiger partial charge in [-0.15, -0.1) is 12.4 Å². The smallest absolute Gasteiger partial charge is 0.238 e. The summed E-state index contributed by atoms with van der Waals surface area (Å²) in [5.74, 6) is -0.180. The molecule has 1 aromatic carbocycles. The molecule has 1 fully saturated rings. The third kappa shape index (κ3) is 5.39. The van der Waals surface area contributed by atoms with Gasteiger partial charge in [-0.2, -0.15) is 0 Å². The van der Waals surface area contributed by atoms with Gasteiger partial charge in [0.1, 0.15) is 5.82 Å². The zero-order valence-electron chi connectivity index (χ0n) is 12.5. The summed E-state index contributed by atoms with van der Waals surface area (Å²) in [6.45, 7) is 4.07. The Morgan fingerprint density at radius 1 is 1.59 bits per heavy atom. The molecule has 1 aliphatic heterocycles. The van der Waals surface area contributed by atoms with Crippen molar-refractivity contribution < 1.29 is 9.18 Å². The van der Waals surface area contributed by atoms with Crippen LogP contribution in [0.15, 0.2) is 18.2 Å². The van der Waals surface area contributed by atoms with Crippen molar-refractivity contribution in [1.82, 2.24) is 4.90 Å². The maximum atomic E-state index is 13.1. The molecule has 1 saturated heterocycles. The molecule has 0 aliphatic carbocycles. The summed E-state index contributed by atoms with van der Waals surface area (Å²) in [7, 11) is 0. The average molecular weight is 350 g/mol. The molecule has 7 heteroatoms. The fourth-order valence-corrected chi connectivity index (χ4v) is 2.82. The van der Waals surface area contributed by atoms with Gasteiger partial charge in [0.15, 0.2) is 0 Å². The normalized spacial score (nSPS) is 20.1. The van der Waals surface area contributed by atoms with Crippen LogP contribution in [0.1, 0.15) is 19.8 Å². The van der Waals surface area contributed by atoms with E-state index in [9.17, 15) is 9.18 Å². The van der Waals surface area contributed by atoms with Gasteiger partial charge >= 0.3 is 0 Å². The molecular formula is C15H22Cl2FN3O. The Balaban J connectivity index is 0.00000242. The number of amides is 1. The number of nitrogens with one attached hydrogen (secondary N) is 1. The molecule has 1 aromatic rings. The van der Waals surface area contributed by atoms with Gasteiger partial charge in [-0.25, -0.2) is 4.39 Å². The highest BCUT2D eigenvalue weighted by atomic mass is 35.5. The van der Waals surface area contributed by atoms with Crippen LogP contribution < -0.4 is 11.1 Å². The minimum Gasteiger partial charge on any atom is -0.328 e. The molecule has 2 unspecified atom stereocenters. The Morgan fingerprint density at radius 3 is 2.95 bits per heavy atom. The second kappa shape index (κ2) is 8.67. The van der Waals surface area contributed by atoms with Crippen LogP contribution in [0.5, 0.6) is 0 Å². The van der Waals surface area contributed by atoms with Gasteiger partial charge in [-0.05, 0) is 50.4 Å². The average Bonchev–Trinajstić information content (AvgIpc) is 2.43. The largest absolute Gasteiger partial charge is 0.328 e. The van der Waals surface area contributed by atoms with E-state index in [1.807, 2.05) is 6.92 Å². The summed E-state index contributed by atoms with van der Waals surface area (Å²) in [4.78, 5) is 14.1. The predicted octanol–water partition coefficient (Wildman–Crippen LogP) is 2.90. The zero-order chi connectivity index (χ0) is 15.4. The summed E-state index contributed by atoms with van der Waals surface area (Å²) in [6.07, 6.45) is 2.17. The third-order valence-electron chi connectivity index (χ3n) is 3.86. The molecule has 3 N–H and O–H groups in total. The van der Waals surface area contributed by atoms with Crippen molar-refractivity contribution >= 4 is 35.6 Å². The van der Waals surface area contributed by atoms with Crippen LogP contribution in [0, 0.1) is 11.7 Å². The number of likely N-dealkylation sites (tertiary alicyclic amines) is 1. The van der Waals surface area contributed by atoms with Crippen molar-refractivity contribution in [3.8, 4) is 0 Å². The second-order valence-electron chi connectivity index (χ2n) is 5.67. The molecular weight excluding hydrogens is 328 g/mol. The van der Waals surface area contributed by atoms with E-state index in [1.54, 1.807) is 0 Å². The van der Waals surface area contributed by atoms with E-state index in [0.29, 0.717) is 18.2 Å². The SMILES string of the molecule is CC(N)C1CCCN(CC(=O)Nc2ccc(F)c(Cl)c2)C1.Cl. The van der Waals surface area contributed by atoms with Gasteiger partial charge in [-0.1, -0.05) is 11.6 Å². The van der Waals surface area contributed by atoms with Crippen molar-refractivity contribution in [3.05, 3.63) is 29.0 Å². The Hall–Kier alpha value is -0.880. The van der Waals surface area contributed by atoms with E-state index >= 15 is 0 Å². The molecule has 124 valence electrons. The van der Waals surface area contributed by atoms with Crippen molar-refractivity contribution in [2.24, 2.45) is 11.7 Å². The zero-order valence-corrected chi connectivity index (χ0v) is 14.1. The Kier molecular flexibility index (Phi) is 7.56. The molecule has 2 rings (SSSR count). The number of piperidine rings is 1. The van der Waals surface area contributed by atoms with E-state index in [-0.39, 0.29) is 29.4 Å². The van der Waals surface area contributed by atoms with Gasteiger partial charge in [0, 0.05) is 18.3 Å². The molecule has 0 bridgehead atoms. The molecule has 1 heterocycles. The number of hydrogen-bond donors (Lipinski definition) is 2. The van der Waals surface area contributed by atoms with Crippen LogP contribution in [-0.2, 0) is 4.79 Å². The van der Waals surface area contributed by atoms with Gasteiger partial charge in [-0.3, -0.25) is 9.69 Å². The topological polar surface area (TPSA) is 58.4 Å². The highest BCUT2D eigenvalue weighted by Crippen LogP contribution is 2.20. The number of carbonyl (C=O) groups excluding carboxylic acids is 1. The van der Waals surface area contributed by atoms with Crippen molar-refractivity contribution in [2.45, 2.75) is 25.8 Å². The number of nitrogens with two attached hydrogens (primary N) is 1. The van der Waals surface area contributed by atoms with E-state index < -0.39 is 5.82 Å². The van der Waals surface area contributed by atoms with Crippen LogP contribution in [0.25, 0.3) is 0 Å². The van der Waals surface area contributed by atoms with Crippen molar-refractivity contribution in [2.75, 3.05) is 25.0 Å². The van der Waals surface area contributed by atoms with Crippen LogP contribution in [0.3, 0.4) is 0 Å². The van der Waals surface area contributed by atoms with E-state index in [4.69, 9.17) is 17.3 Å². The number of hydrogen-bond acceptors (Lipinski definition) is 3. The fourth-order valence-electron chi connectivity index (χ4n) is 2.64. The van der Waals surface area contributed by atoms with Crippen molar-refractivity contribution in [1.29, 1.82) is 0 Å². The number of benzene rings is 1. The molecule has 1 aliphatic rings. The highest BCUT2D eigenvalue weighted by molar-refractivity contribution is 6.31. The summed E-state index contributed by atoms with van der Waals surface area (Å²) in [5.41, 5.74) is 6.44. The molecule has 0 saturated carbocycles. The number of halogens is 3. The lowest BCUT2D eigenvalue weighted by molar-refractivity contribution is -0.117. The van der Waals surface area contributed by atoms with E-state index in [2.05, 4.69) is 10.2 Å². The predicted molar refractivity (Wildman–Crippen MR) is 90.1 cm³/mol. The minimum atomic E-state index is -0.495. The van der Waals surface area contributed by atoms with Crippen molar-refractivity contribution in [3.63, 3.8) is 0 Å². The maximum Gasteiger partial charge on any atom is 0.238 e. The summed E-state index contributed by atoms with van der Waals surface area (Å²) in [6, 6.07) is 4.30. The lowest BCUT2D eigenvalue weighted by Crippen LogP contribution is -2.45. The third-order valence-corrected chi connectivity index (χ3v) is 4.15. The summed E-state index contributed by atoms with van der Waals surface area (Å²) in [5, 5.41) is 2.74. The van der Waals surface area contributed by atoms with E-state index in [0.717, 1.165) is 25.9 Å². The molecule has 22 heavy (non-hydrogen) atoms. The Morgan fingerprint density at radius 2 is 2.32 bits per heavy atom. The molecule has 0 radical (unpaired) electrons. The quantitative estimate of drug-likeness (QED) is 0.878. The molecule has 0 aromatic heterocycles. The molecule has 4 nitrogen and oxygen atoms in total. The summed E-state index contributed by atoms with van der Waals surface area (Å²) >= 11 is 5.69. The first-order valence-electron chi connectivity index (χ1n) is 7.18. The van der Waals surface area contributed by atoms with Gasteiger partial charge in [0.25, 0.3) is 0 Å². The highest BCUT2D eigenvalue weighted by Gasteiger charge is 2.23. The minimum absolute atomic E-state index is 0. The summed E-state index contributed by atoms with van der Waals surface area (Å²) < 4.78 is 13.1. The fraction of sp³-hybridized carbons (Fsp3) is 0.533. The van der Waals surface area contributed by atoms with Gasteiger partial charge in [0.2, 0.25) is 5.91 Å².